The predicted molar refractivity (Wildman–Crippen MR) is 98.5 cm³/mol. The predicted octanol–water partition coefficient (Wildman–Crippen LogP) is 3.41. The van der Waals surface area contributed by atoms with Gasteiger partial charge in [-0.15, -0.1) is 11.3 Å². The van der Waals surface area contributed by atoms with Crippen molar-refractivity contribution in [3.8, 4) is 0 Å². The number of fused-ring (bicyclic) bond motifs is 1. The van der Waals surface area contributed by atoms with Crippen LogP contribution in [0.4, 0.5) is 5.00 Å². The van der Waals surface area contributed by atoms with E-state index in [0.717, 1.165) is 36.1 Å². The first-order chi connectivity index (χ1) is 12.5. The molecule has 2 atom stereocenters. The number of hydrogen-bond donors (Lipinski definition) is 2. The highest BCUT2D eigenvalue weighted by Crippen LogP contribution is 2.40. The summed E-state index contributed by atoms with van der Waals surface area (Å²) in [6.07, 6.45) is 7.82. The van der Waals surface area contributed by atoms with Crippen LogP contribution in [0.25, 0.3) is 0 Å². The molecule has 0 bridgehead atoms. The molecule has 2 N–H and O–H groups in total. The van der Waals surface area contributed by atoms with Crippen molar-refractivity contribution < 1.29 is 24.2 Å². The van der Waals surface area contributed by atoms with Crippen LogP contribution in [0.3, 0.4) is 0 Å². The van der Waals surface area contributed by atoms with Crippen molar-refractivity contribution in [2.75, 3.05) is 11.9 Å². The van der Waals surface area contributed by atoms with Crippen LogP contribution in [0, 0.1) is 11.8 Å². The number of esters is 1. The summed E-state index contributed by atoms with van der Waals surface area (Å²) < 4.78 is 5.30. The van der Waals surface area contributed by atoms with Crippen molar-refractivity contribution in [3.05, 3.63) is 28.2 Å². The summed E-state index contributed by atoms with van der Waals surface area (Å²) in [7, 11) is 0. The Morgan fingerprint density at radius 3 is 2.65 bits per heavy atom. The lowest BCUT2D eigenvalue weighted by molar-refractivity contribution is -0.146. The molecule has 7 heteroatoms. The molecule has 0 saturated carbocycles. The molecule has 26 heavy (non-hydrogen) atoms. The molecule has 2 unspecified atom stereocenters. The van der Waals surface area contributed by atoms with E-state index in [4.69, 9.17) is 4.74 Å². The molecule has 1 heterocycles. The highest BCUT2D eigenvalue weighted by atomic mass is 32.1. The molecule has 0 spiro atoms. The number of hydrogen-bond acceptors (Lipinski definition) is 5. The largest absolute Gasteiger partial charge is 0.481 e. The number of aryl methyl sites for hydroxylation is 1. The van der Waals surface area contributed by atoms with E-state index in [1.807, 2.05) is 13.0 Å². The second-order valence-corrected chi connectivity index (χ2v) is 7.79. The maximum Gasteiger partial charge on any atom is 0.341 e. The Bertz CT molecular complexity index is 751. The summed E-state index contributed by atoms with van der Waals surface area (Å²) in [5, 5.41) is 12.7. The molecule has 0 radical (unpaired) electrons. The van der Waals surface area contributed by atoms with Crippen LogP contribution >= 0.6 is 11.3 Å². The Balaban J connectivity index is 1.83. The minimum Gasteiger partial charge on any atom is -0.481 e. The first-order valence-corrected chi connectivity index (χ1v) is 9.84. The number of amides is 1. The van der Waals surface area contributed by atoms with Gasteiger partial charge in [-0.2, -0.15) is 0 Å². The van der Waals surface area contributed by atoms with Gasteiger partial charge in [-0.1, -0.05) is 19.1 Å². The molecule has 3 rings (SSSR count). The topological polar surface area (TPSA) is 92.7 Å². The average Bonchev–Trinajstić information content (AvgIpc) is 3.20. The molecule has 0 aromatic carbocycles. The standard InChI is InChI=1S/C19H23NO5S/c1-2-10-25-19(24)15-13-8-5-9-14(13)26-17(15)20-16(21)11-6-3-4-7-12(11)18(22)23/h3-4,11-12H,2,5-10H2,1H3,(H,20,21)(H,22,23). The van der Waals surface area contributed by atoms with E-state index >= 15 is 0 Å². The summed E-state index contributed by atoms with van der Waals surface area (Å²) in [4.78, 5) is 37.8. The van der Waals surface area contributed by atoms with Crippen molar-refractivity contribution in [1.29, 1.82) is 0 Å². The lowest BCUT2D eigenvalue weighted by atomic mass is 9.82. The van der Waals surface area contributed by atoms with Gasteiger partial charge in [-0.05, 0) is 44.1 Å². The second-order valence-electron chi connectivity index (χ2n) is 6.68. The number of carbonyl (C=O) groups is 3. The van der Waals surface area contributed by atoms with E-state index in [-0.39, 0.29) is 5.91 Å². The molecule has 0 saturated heterocycles. The molecule has 1 amide bonds. The minimum atomic E-state index is -0.967. The van der Waals surface area contributed by atoms with E-state index in [2.05, 4.69) is 5.32 Å². The van der Waals surface area contributed by atoms with E-state index in [1.54, 1.807) is 6.08 Å². The number of nitrogens with one attached hydrogen (secondary N) is 1. The summed E-state index contributed by atoms with van der Waals surface area (Å²) in [5.74, 6) is -3.08. The van der Waals surface area contributed by atoms with Crippen LogP contribution in [-0.4, -0.2) is 29.6 Å². The molecule has 1 aromatic rings. The Morgan fingerprint density at radius 2 is 1.96 bits per heavy atom. The Morgan fingerprint density at radius 1 is 1.23 bits per heavy atom. The fourth-order valence-electron chi connectivity index (χ4n) is 3.56. The maximum absolute atomic E-state index is 12.7. The molecule has 1 aromatic heterocycles. The zero-order chi connectivity index (χ0) is 18.7. The van der Waals surface area contributed by atoms with Crippen molar-refractivity contribution in [2.24, 2.45) is 11.8 Å². The third-order valence-electron chi connectivity index (χ3n) is 4.89. The smallest absolute Gasteiger partial charge is 0.341 e. The van der Waals surface area contributed by atoms with Gasteiger partial charge in [0.25, 0.3) is 0 Å². The normalized spacial score (nSPS) is 21.3. The van der Waals surface area contributed by atoms with Crippen LogP contribution in [0.2, 0.25) is 0 Å². The fraction of sp³-hybridized carbons (Fsp3) is 0.526. The SMILES string of the molecule is CCCOC(=O)c1c(NC(=O)C2CC=CCC2C(=O)O)sc2c1CCC2. The van der Waals surface area contributed by atoms with Gasteiger partial charge in [0.05, 0.1) is 24.0 Å². The molecule has 140 valence electrons. The second kappa shape index (κ2) is 8.03. The first kappa shape index (κ1) is 18.6. The Kier molecular flexibility index (Phi) is 5.76. The van der Waals surface area contributed by atoms with Crippen LogP contribution < -0.4 is 5.32 Å². The maximum atomic E-state index is 12.7. The van der Waals surface area contributed by atoms with Gasteiger partial charge >= 0.3 is 11.9 Å². The zero-order valence-electron chi connectivity index (χ0n) is 14.7. The average molecular weight is 377 g/mol. The molecular formula is C19H23NO5S. The summed E-state index contributed by atoms with van der Waals surface area (Å²) >= 11 is 1.41. The van der Waals surface area contributed by atoms with Gasteiger partial charge in [0.2, 0.25) is 5.91 Å². The molecule has 0 aliphatic heterocycles. The highest BCUT2D eigenvalue weighted by Gasteiger charge is 2.35. The number of aliphatic carboxylic acids is 1. The number of carboxylic acid groups (broad SMARTS) is 1. The van der Waals surface area contributed by atoms with E-state index in [0.29, 0.717) is 30.0 Å². The van der Waals surface area contributed by atoms with E-state index in [9.17, 15) is 19.5 Å². The van der Waals surface area contributed by atoms with Gasteiger partial charge < -0.3 is 15.2 Å². The van der Waals surface area contributed by atoms with Crippen molar-refractivity contribution >= 4 is 34.2 Å². The highest BCUT2D eigenvalue weighted by molar-refractivity contribution is 7.17. The van der Waals surface area contributed by atoms with Crippen LogP contribution in [-0.2, 0) is 27.2 Å². The quantitative estimate of drug-likeness (QED) is 0.585. The summed E-state index contributed by atoms with van der Waals surface area (Å²) in [5.41, 5.74) is 1.44. The molecular weight excluding hydrogens is 354 g/mol. The molecule has 2 aliphatic carbocycles. The van der Waals surface area contributed by atoms with Crippen LogP contribution in [0.1, 0.15) is 53.4 Å². The number of ether oxygens (including phenoxy) is 1. The number of thiophene rings is 1. The number of rotatable bonds is 6. The lowest BCUT2D eigenvalue weighted by Gasteiger charge is -2.24. The van der Waals surface area contributed by atoms with Crippen molar-refractivity contribution in [1.82, 2.24) is 0 Å². The van der Waals surface area contributed by atoms with Gasteiger partial charge in [-0.25, -0.2) is 4.79 Å². The van der Waals surface area contributed by atoms with E-state index < -0.39 is 23.8 Å². The van der Waals surface area contributed by atoms with Gasteiger partial charge in [0, 0.05) is 4.88 Å². The third-order valence-corrected chi connectivity index (χ3v) is 6.09. The number of anilines is 1. The first-order valence-electron chi connectivity index (χ1n) is 9.03. The number of allylic oxidation sites excluding steroid dienone is 2. The monoisotopic (exact) mass is 377 g/mol. The van der Waals surface area contributed by atoms with Crippen molar-refractivity contribution in [3.63, 3.8) is 0 Å². The lowest BCUT2D eigenvalue weighted by Crippen LogP contribution is -2.34. The summed E-state index contributed by atoms with van der Waals surface area (Å²) in [6, 6.07) is 0. The molecule has 2 aliphatic rings. The fourth-order valence-corrected chi connectivity index (χ4v) is 4.84. The van der Waals surface area contributed by atoms with Gasteiger partial charge in [-0.3, -0.25) is 9.59 Å². The Labute approximate surface area is 156 Å². The molecule has 0 fully saturated rings. The van der Waals surface area contributed by atoms with Crippen LogP contribution in [0.15, 0.2) is 12.2 Å². The third kappa shape index (κ3) is 3.67. The number of carbonyl (C=O) groups excluding carboxylic acids is 2. The van der Waals surface area contributed by atoms with Crippen molar-refractivity contribution in [2.45, 2.75) is 45.4 Å². The van der Waals surface area contributed by atoms with Crippen LogP contribution in [0.5, 0.6) is 0 Å². The Hall–Kier alpha value is -2.15. The number of carboxylic acids is 1. The zero-order valence-corrected chi connectivity index (χ0v) is 15.6. The van der Waals surface area contributed by atoms with E-state index in [1.165, 1.54) is 11.3 Å². The summed E-state index contributed by atoms with van der Waals surface area (Å²) in [6.45, 7) is 2.27. The van der Waals surface area contributed by atoms with Gasteiger partial charge in [0.15, 0.2) is 0 Å². The minimum absolute atomic E-state index is 0.339. The van der Waals surface area contributed by atoms with Gasteiger partial charge in [0.1, 0.15) is 5.00 Å². The molecule has 6 nitrogen and oxygen atoms in total.